The number of rotatable bonds is 6. The lowest BCUT2D eigenvalue weighted by atomic mass is 9.97. The number of nitrogens with zero attached hydrogens (tertiary/aromatic N) is 4. The van der Waals surface area contributed by atoms with Gasteiger partial charge in [-0.1, -0.05) is 35.9 Å². The van der Waals surface area contributed by atoms with E-state index < -0.39 is 0 Å². The summed E-state index contributed by atoms with van der Waals surface area (Å²) in [5.74, 6) is 0. The lowest BCUT2D eigenvalue weighted by molar-refractivity contribution is 0.621. The fourth-order valence-electron chi connectivity index (χ4n) is 4.42. The standard InChI is InChI=1S/C26H28N4OS2/c1-19-24(25(31)30(28(19)2)21-12-7-4-8-13-21)27-26-29(16-15-20-10-5-3-6-11-20)22(18-33-26)23-14-9-17-32-23/h4,7-10,12-14,17-18H,3,5-6,11,15-16H2,1-2H3. The van der Waals surface area contributed by atoms with Crippen LogP contribution in [0.2, 0.25) is 0 Å². The van der Waals surface area contributed by atoms with Crippen molar-refractivity contribution in [3.05, 3.63) is 85.7 Å². The van der Waals surface area contributed by atoms with E-state index in [4.69, 9.17) is 4.99 Å². The summed E-state index contributed by atoms with van der Waals surface area (Å²) in [5.41, 5.74) is 4.85. The van der Waals surface area contributed by atoms with E-state index in [1.165, 1.54) is 36.3 Å². The molecule has 5 rings (SSSR count). The van der Waals surface area contributed by atoms with Crippen LogP contribution in [-0.4, -0.2) is 13.9 Å². The van der Waals surface area contributed by atoms with Gasteiger partial charge in [-0.05, 0) is 62.6 Å². The molecule has 5 nitrogen and oxygen atoms in total. The van der Waals surface area contributed by atoms with E-state index in [-0.39, 0.29) is 5.56 Å². The minimum absolute atomic E-state index is 0.0891. The third-order valence-corrected chi connectivity index (χ3v) is 8.10. The van der Waals surface area contributed by atoms with Crippen molar-refractivity contribution in [1.29, 1.82) is 0 Å². The van der Waals surface area contributed by atoms with Gasteiger partial charge >= 0.3 is 0 Å². The minimum atomic E-state index is -0.0891. The molecule has 3 heterocycles. The first-order valence-corrected chi connectivity index (χ1v) is 13.2. The number of hydrogen-bond donors (Lipinski definition) is 0. The van der Waals surface area contributed by atoms with Crippen molar-refractivity contribution in [3.63, 3.8) is 0 Å². The van der Waals surface area contributed by atoms with Gasteiger partial charge in [-0.15, -0.1) is 22.7 Å². The van der Waals surface area contributed by atoms with Gasteiger partial charge in [0.05, 0.1) is 22.0 Å². The Kier molecular flexibility index (Phi) is 6.33. The molecule has 0 atom stereocenters. The van der Waals surface area contributed by atoms with E-state index >= 15 is 0 Å². The quantitative estimate of drug-likeness (QED) is 0.306. The van der Waals surface area contributed by atoms with Gasteiger partial charge in [0.2, 0.25) is 0 Å². The zero-order chi connectivity index (χ0) is 22.8. The Hall–Kier alpha value is -2.90. The lowest BCUT2D eigenvalue weighted by Gasteiger charge is -2.14. The number of benzene rings is 1. The smallest absolute Gasteiger partial charge is 0.297 e. The van der Waals surface area contributed by atoms with E-state index in [2.05, 4.69) is 33.5 Å². The number of thiazole rings is 1. The first kappa shape index (κ1) is 21.9. The highest BCUT2D eigenvalue weighted by molar-refractivity contribution is 7.14. The van der Waals surface area contributed by atoms with Crippen molar-refractivity contribution >= 4 is 28.4 Å². The molecule has 170 valence electrons. The fourth-order valence-corrected chi connectivity index (χ4v) is 6.18. The summed E-state index contributed by atoms with van der Waals surface area (Å²) in [6, 6.07) is 14.0. The van der Waals surface area contributed by atoms with E-state index in [0.29, 0.717) is 5.69 Å². The summed E-state index contributed by atoms with van der Waals surface area (Å²) in [7, 11) is 1.91. The van der Waals surface area contributed by atoms with Crippen LogP contribution in [0.3, 0.4) is 0 Å². The number of thiophene rings is 1. The molecule has 4 aromatic rings. The second-order valence-corrected chi connectivity index (χ2v) is 10.2. The van der Waals surface area contributed by atoms with Crippen molar-refractivity contribution in [2.45, 2.75) is 45.6 Å². The van der Waals surface area contributed by atoms with Gasteiger partial charge in [0, 0.05) is 19.0 Å². The minimum Gasteiger partial charge on any atom is -0.315 e. The van der Waals surface area contributed by atoms with Crippen LogP contribution in [0.1, 0.15) is 37.8 Å². The van der Waals surface area contributed by atoms with Crippen LogP contribution in [0.5, 0.6) is 0 Å². The summed E-state index contributed by atoms with van der Waals surface area (Å²) in [6.45, 7) is 2.84. The molecule has 33 heavy (non-hydrogen) atoms. The van der Waals surface area contributed by atoms with Crippen LogP contribution >= 0.6 is 22.7 Å². The predicted molar refractivity (Wildman–Crippen MR) is 138 cm³/mol. The van der Waals surface area contributed by atoms with E-state index in [1.54, 1.807) is 32.9 Å². The molecule has 0 aliphatic heterocycles. The number of aromatic nitrogens is 3. The normalized spacial score (nSPS) is 14.6. The number of allylic oxidation sites excluding steroid dienone is 2. The van der Waals surface area contributed by atoms with Gasteiger partial charge in [0.15, 0.2) is 10.5 Å². The van der Waals surface area contributed by atoms with Crippen molar-refractivity contribution in [1.82, 2.24) is 13.9 Å². The Morgan fingerprint density at radius 1 is 1.06 bits per heavy atom. The maximum absolute atomic E-state index is 13.4. The highest BCUT2D eigenvalue weighted by Gasteiger charge is 2.17. The van der Waals surface area contributed by atoms with Crippen molar-refractivity contribution in [3.8, 4) is 16.3 Å². The molecule has 0 spiro atoms. The topological polar surface area (TPSA) is 44.2 Å². The molecule has 0 unspecified atom stereocenters. The van der Waals surface area contributed by atoms with Crippen LogP contribution in [0, 0.1) is 6.92 Å². The summed E-state index contributed by atoms with van der Waals surface area (Å²) >= 11 is 3.35. The average molecular weight is 477 g/mol. The summed E-state index contributed by atoms with van der Waals surface area (Å²) < 4.78 is 5.88. The number of para-hydroxylation sites is 1. The molecule has 0 fully saturated rings. The van der Waals surface area contributed by atoms with E-state index in [9.17, 15) is 4.79 Å². The zero-order valence-corrected chi connectivity index (χ0v) is 20.7. The van der Waals surface area contributed by atoms with Crippen LogP contribution < -0.4 is 10.4 Å². The third kappa shape index (κ3) is 4.35. The molecule has 7 heteroatoms. The van der Waals surface area contributed by atoms with Crippen LogP contribution in [-0.2, 0) is 13.6 Å². The van der Waals surface area contributed by atoms with Gasteiger partial charge in [0.1, 0.15) is 0 Å². The lowest BCUT2D eigenvalue weighted by Crippen LogP contribution is -2.20. The van der Waals surface area contributed by atoms with Crippen molar-refractivity contribution < 1.29 is 0 Å². The first-order chi connectivity index (χ1) is 16.1. The molecule has 0 amide bonds. The Morgan fingerprint density at radius 2 is 1.91 bits per heavy atom. The van der Waals surface area contributed by atoms with Crippen molar-refractivity contribution in [2.75, 3.05) is 0 Å². The molecule has 1 aliphatic rings. The maximum Gasteiger partial charge on any atom is 0.297 e. The zero-order valence-electron chi connectivity index (χ0n) is 19.0. The molecular weight excluding hydrogens is 448 g/mol. The predicted octanol–water partition coefficient (Wildman–Crippen LogP) is 6.20. The Morgan fingerprint density at radius 3 is 2.64 bits per heavy atom. The van der Waals surface area contributed by atoms with Crippen LogP contribution in [0.4, 0.5) is 5.69 Å². The summed E-state index contributed by atoms with van der Waals surface area (Å²) in [5, 5.41) is 4.28. The van der Waals surface area contributed by atoms with Gasteiger partial charge in [-0.3, -0.25) is 9.48 Å². The Labute approximate surface area is 201 Å². The molecule has 0 saturated carbocycles. The molecule has 0 N–H and O–H groups in total. The second-order valence-electron chi connectivity index (χ2n) is 8.41. The van der Waals surface area contributed by atoms with Gasteiger partial charge < -0.3 is 4.57 Å². The van der Waals surface area contributed by atoms with Crippen LogP contribution in [0.15, 0.2) is 74.7 Å². The Balaban J connectivity index is 1.60. The first-order valence-electron chi connectivity index (χ1n) is 11.4. The summed E-state index contributed by atoms with van der Waals surface area (Å²) in [6.07, 6.45) is 8.43. The molecule has 0 bridgehead atoms. The van der Waals surface area contributed by atoms with Crippen molar-refractivity contribution in [2.24, 2.45) is 12.0 Å². The largest absolute Gasteiger partial charge is 0.315 e. The van der Waals surface area contributed by atoms with Gasteiger partial charge in [-0.25, -0.2) is 9.67 Å². The monoisotopic (exact) mass is 476 g/mol. The highest BCUT2D eigenvalue weighted by atomic mass is 32.1. The highest BCUT2D eigenvalue weighted by Crippen LogP contribution is 2.27. The van der Waals surface area contributed by atoms with Gasteiger partial charge in [0.25, 0.3) is 5.56 Å². The molecule has 1 aliphatic carbocycles. The Bertz CT molecular complexity index is 1400. The molecule has 3 aromatic heterocycles. The maximum atomic E-state index is 13.4. The average Bonchev–Trinajstić information content (AvgIpc) is 3.56. The van der Waals surface area contributed by atoms with E-state index in [1.807, 2.05) is 49.0 Å². The summed E-state index contributed by atoms with van der Waals surface area (Å²) in [4.78, 5) is 20.5. The SMILES string of the molecule is Cc1c(N=c2scc(-c3cccs3)n2CCC2=CCCCC2)c(=O)n(-c2ccccc2)n1C. The third-order valence-electron chi connectivity index (χ3n) is 6.34. The second kappa shape index (κ2) is 9.53. The fraction of sp³-hybridized carbons (Fsp3) is 0.308. The molecular formula is C26H28N4OS2. The molecule has 0 radical (unpaired) electrons. The molecule has 0 saturated heterocycles. The van der Waals surface area contributed by atoms with E-state index in [0.717, 1.165) is 29.1 Å². The molecule has 1 aromatic carbocycles. The van der Waals surface area contributed by atoms with Gasteiger partial charge in [-0.2, -0.15) is 0 Å². The van der Waals surface area contributed by atoms with Crippen LogP contribution in [0.25, 0.3) is 16.3 Å². The number of hydrogen-bond acceptors (Lipinski definition) is 4.